The van der Waals surface area contributed by atoms with Crippen LogP contribution in [0.15, 0.2) is 52.0 Å². The van der Waals surface area contributed by atoms with Crippen molar-refractivity contribution in [3.05, 3.63) is 65.1 Å². The van der Waals surface area contributed by atoms with E-state index in [-0.39, 0.29) is 5.91 Å². The highest BCUT2D eigenvalue weighted by Crippen LogP contribution is 2.26. The zero-order valence-corrected chi connectivity index (χ0v) is 15.2. The second-order valence-corrected chi connectivity index (χ2v) is 6.07. The number of carbonyl (C=O) groups excluding carboxylic acids is 1. The minimum atomic E-state index is -0.299. The van der Waals surface area contributed by atoms with Gasteiger partial charge in [-0.2, -0.15) is 5.10 Å². The Morgan fingerprint density at radius 1 is 1.23 bits per heavy atom. The second-order valence-electron chi connectivity index (χ2n) is 6.07. The molecule has 0 atom stereocenters. The average molecular weight is 350 g/mol. The summed E-state index contributed by atoms with van der Waals surface area (Å²) >= 11 is 0. The van der Waals surface area contributed by atoms with Crippen LogP contribution in [-0.4, -0.2) is 18.7 Å². The van der Waals surface area contributed by atoms with Crippen molar-refractivity contribution in [1.29, 1.82) is 0 Å². The molecule has 0 saturated carbocycles. The summed E-state index contributed by atoms with van der Waals surface area (Å²) < 4.78 is 11.2. The van der Waals surface area contributed by atoms with E-state index in [1.165, 1.54) is 0 Å². The molecule has 0 aliphatic heterocycles. The molecule has 1 N–H and O–H groups in total. The Labute approximate surface area is 152 Å². The van der Waals surface area contributed by atoms with Crippen LogP contribution in [0.4, 0.5) is 0 Å². The molecule has 0 aliphatic rings. The number of aryl methyl sites for hydroxylation is 2. The zero-order chi connectivity index (χ0) is 18.5. The molecule has 26 heavy (non-hydrogen) atoms. The summed E-state index contributed by atoms with van der Waals surface area (Å²) in [5, 5.41) is 6.25. The van der Waals surface area contributed by atoms with Crippen molar-refractivity contribution in [2.24, 2.45) is 5.10 Å². The van der Waals surface area contributed by atoms with E-state index in [4.69, 9.17) is 9.15 Å². The third-order valence-corrected chi connectivity index (χ3v) is 4.04. The summed E-state index contributed by atoms with van der Waals surface area (Å²) in [6, 6.07) is 13.7. The Hall–Kier alpha value is -3.08. The molecular formula is C21H22N2O3. The van der Waals surface area contributed by atoms with Crippen molar-refractivity contribution >= 4 is 22.9 Å². The molecular weight excluding hydrogens is 328 g/mol. The lowest BCUT2D eigenvalue weighted by Crippen LogP contribution is -2.17. The van der Waals surface area contributed by atoms with Gasteiger partial charge in [-0.3, -0.25) is 4.79 Å². The SMILES string of the molecule is CCCOc1ccc2ccccc2c1/C=N\NC(=O)c1cc(C)oc1C. The van der Waals surface area contributed by atoms with Gasteiger partial charge in [0.1, 0.15) is 17.3 Å². The number of carbonyl (C=O) groups is 1. The molecule has 1 heterocycles. The Morgan fingerprint density at radius 3 is 2.77 bits per heavy atom. The van der Waals surface area contributed by atoms with Gasteiger partial charge >= 0.3 is 0 Å². The van der Waals surface area contributed by atoms with E-state index in [1.807, 2.05) is 36.4 Å². The summed E-state index contributed by atoms with van der Waals surface area (Å²) in [6.45, 7) is 6.25. The average Bonchev–Trinajstić information content (AvgIpc) is 2.99. The van der Waals surface area contributed by atoms with Crippen LogP contribution >= 0.6 is 0 Å². The lowest BCUT2D eigenvalue weighted by atomic mass is 10.0. The van der Waals surface area contributed by atoms with Crippen LogP contribution in [0.5, 0.6) is 5.75 Å². The lowest BCUT2D eigenvalue weighted by molar-refractivity contribution is 0.0953. The molecule has 0 unspecified atom stereocenters. The first-order valence-corrected chi connectivity index (χ1v) is 8.65. The van der Waals surface area contributed by atoms with Crippen LogP contribution in [0.2, 0.25) is 0 Å². The van der Waals surface area contributed by atoms with Gasteiger partial charge in [-0.1, -0.05) is 37.3 Å². The molecule has 0 spiro atoms. The third-order valence-electron chi connectivity index (χ3n) is 4.04. The van der Waals surface area contributed by atoms with Gasteiger partial charge in [0.05, 0.1) is 18.4 Å². The Balaban J connectivity index is 1.87. The van der Waals surface area contributed by atoms with Crippen LogP contribution in [0.1, 0.15) is 40.8 Å². The van der Waals surface area contributed by atoms with Crippen LogP contribution in [0.3, 0.4) is 0 Å². The maximum Gasteiger partial charge on any atom is 0.274 e. The summed E-state index contributed by atoms with van der Waals surface area (Å²) in [7, 11) is 0. The summed E-state index contributed by atoms with van der Waals surface area (Å²) in [5.41, 5.74) is 3.90. The standard InChI is InChI=1S/C21H22N2O3/c1-4-11-25-20-10-9-16-7-5-6-8-17(16)19(20)13-22-23-21(24)18-12-14(2)26-15(18)3/h5-10,12-13H,4,11H2,1-3H3,(H,23,24)/b22-13-. The van der Waals surface area contributed by atoms with Gasteiger partial charge in [0, 0.05) is 5.56 Å². The minimum Gasteiger partial charge on any atom is -0.493 e. The highest BCUT2D eigenvalue weighted by molar-refractivity contribution is 6.03. The predicted molar refractivity (Wildman–Crippen MR) is 103 cm³/mol. The molecule has 5 heteroatoms. The first kappa shape index (κ1) is 17.7. The topological polar surface area (TPSA) is 63.8 Å². The first-order valence-electron chi connectivity index (χ1n) is 8.65. The molecule has 0 aliphatic carbocycles. The number of nitrogens with zero attached hydrogens (tertiary/aromatic N) is 1. The van der Waals surface area contributed by atoms with Crippen molar-refractivity contribution < 1.29 is 13.9 Å². The highest BCUT2D eigenvalue weighted by Gasteiger charge is 2.13. The van der Waals surface area contributed by atoms with E-state index in [1.54, 1.807) is 26.1 Å². The molecule has 134 valence electrons. The van der Waals surface area contributed by atoms with Gasteiger partial charge in [0.25, 0.3) is 5.91 Å². The number of hydrogen-bond acceptors (Lipinski definition) is 4. The fraction of sp³-hybridized carbons (Fsp3) is 0.238. The minimum absolute atomic E-state index is 0.299. The molecule has 0 saturated heterocycles. The van der Waals surface area contributed by atoms with E-state index in [0.717, 1.165) is 28.5 Å². The molecule has 0 bridgehead atoms. The molecule has 5 nitrogen and oxygen atoms in total. The number of benzene rings is 2. The lowest BCUT2D eigenvalue weighted by Gasteiger charge is -2.11. The van der Waals surface area contributed by atoms with E-state index >= 15 is 0 Å². The van der Waals surface area contributed by atoms with E-state index in [2.05, 4.69) is 17.5 Å². The van der Waals surface area contributed by atoms with Crippen LogP contribution in [0, 0.1) is 13.8 Å². The monoisotopic (exact) mass is 350 g/mol. The summed E-state index contributed by atoms with van der Waals surface area (Å²) in [5.74, 6) is 1.72. The van der Waals surface area contributed by atoms with Gasteiger partial charge < -0.3 is 9.15 Å². The Morgan fingerprint density at radius 2 is 2.04 bits per heavy atom. The smallest absolute Gasteiger partial charge is 0.274 e. The number of hydrazone groups is 1. The van der Waals surface area contributed by atoms with Crippen molar-refractivity contribution in [3.63, 3.8) is 0 Å². The molecule has 1 aromatic heterocycles. The molecule has 1 amide bonds. The quantitative estimate of drug-likeness (QED) is 0.522. The summed E-state index contributed by atoms with van der Waals surface area (Å²) in [6.07, 6.45) is 2.55. The fourth-order valence-electron chi connectivity index (χ4n) is 2.82. The van der Waals surface area contributed by atoms with Crippen molar-refractivity contribution in [2.75, 3.05) is 6.61 Å². The van der Waals surface area contributed by atoms with Gasteiger partial charge in [-0.25, -0.2) is 5.43 Å². The number of nitrogens with one attached hydrogen (secondary N) is 1. The van der Waals surface area contributed by atoms with Crippen LogP contribution in [0.25, 0.3) is 10.8 Å². The van der Waals surface area contributed by atoms with Gasteiger partial charge in [-0.15, -0.1) is 0 Å². The van der Waals surface area contributed by atoms with Gasteiger partial charge in [0.15, 0.2) is 0 Å². The molecule has 3 rings (SSSR count). The predicted octanol–water partition coefficient (Wildman–Crippen LogP) is 4.60. The molecule has 3 aromatic rings. The zero-order valence-electron chi connectivity index (χ0n) is 15.2. The normalized spacial score (nSPS) is 11.2. The van der Waals surface area contributed by atoms with Gasteiger partial charge in [-0.05, 0) is 43.2 Å². The van der Waals surface area contributed by atoms with E-state index in [9.17, 15) is 4.79 Å². The molecule has 0 fully saturated rings. The maximum atomic E-state index is 12.3. The van der Waals surface area contributed by atoms with Gasteiger partial charge in [0.2, 0.25) is 0 Å². The van der Waals surface area contributed by atoms with E-state index < -0.39 is 0 Å². The second kappa shape index (κ2) is 7.87. The number of fused-ring (bicyclic) bond motifs is 1. The van der Waals surface area contributed by atoms with Crippen molar-refractivity contribution in [1.82, 2.24) is 5.43 Å². The largest absolute Gasteiger partial charge is 0.493 e. The Kier molecular flexibility index (Phi) is 5.37. The van der Waals surface area contributed by atoms with Crippen molar-refractivity contribution in [2.45, 2.75) is 27.2 Å². The van der Waals surface area contributed by atoms with Crippen LogP contribution < -0.4 is 10.2 Å². The van der Waals surface area contributed by atoms with Crippen LogP contribution in [-0.2, 0) is 0 Å². The number of furan rings is 1. The Bertz CT molecular complexity index is 957. The summed E-state index contributed by atoms with van der Waals surface area (Å²) in [4.78, 5) is 12.3. The molecule has 0 radical (unpaired) electrons. The number of ether oxygens (including phenoxy) is 1. The number of rotatable bonds is 6. The van der Waals surface area contributed by atoms with Crippen molar-refractivity contribution in [3.8, 4) is 5.75 Å². The maximum absolute atomic E-state index is 12.3. The molecule has 2 aromatic carbocycles. The fourth-order valence-corrected chi connectivity index (χ4v) is 2.82. The number of amides is 1. The number of hydrogen-bond donors (Lipinski definition) is 1. The third kappa shape index (κ3) is 3.77. The highest BCUT2D eigenvalue weighted by atomic mass is 16.5. The van der Waals surface area contributed by atoms with E-state index in [0.29, 0.717) is 23.7 Å². The first-order chi connectivity index (χ1) is 12.6.